The first-order valence-electron chi connectivity index (χ1n) is 6.40. The Labute approximate surface area is 107 Å². The van der Waals surface area contributed by atoms with Crippen LogP contribution in [0.1, 0.15) is 25.7 Å². The van der Waals surface area contributed by atoms with Crippen LogP contribution in [0.4, 0.5) is 0 Å². The van der Waals surface area contributed by atoms with E-state index < -0.39 is 0 Å². The van der Waals surface area contributed by atoms with Crippen molar-refractivity contribution >= 4 is 17.7 Å². The van der Waals surface area contributed by atoms with Crippen molar-refractivity contribution < 1.29 is 9.53 Å². The molecule has 1 saturated carbocycles. The number of amides is 1. The number of nitrogens with zero attached hydrogens (tertiary/aromatic N) is 1. The van der Waals surface area contributed by atoms with E-state index in [-0.39, 0.29) is 24.1 Å². The van der Waals surface area contributed by atoms with Gasteiger partial charge in [0.15, 0.2) is 0 Å². The molecule has 0 radical (unpaired) electrons. The van der Waals surface area contributed by atoms with Crippen LogP contribution in [0.5, 0.6) is 0 Å². The van der Waals surface area contributed by atoms with Crippen molar-refractivity contribution in [3.63, 3.8) is 0 Å². The number of morpholine rings is 1. The van der Waals surface area contributed by atoms with Gasteiger partial charge in [0.05, 0.1) is 24.8 Å². The molecule has 0 aromatic rings. The van der Waals surface area contributed by atoms with E-state index in [1.54, 1.807) is 11.8 Å². The van der Waals surface area contributed by atoms with Gasteiger partial charge in [-0.2, -0.15) is 11.8 Å². The van der Waals surface area contributed by atoms with Crippen LogP contribution in [0, 0.1) is 0 Å². The summed E-state index contributed by atoms with van der Waals surface area (Å²) in [6.45, 7) is 1.38. The molecule has 0 spiro atoms. The molecule has 3 atom stereocenters. The average molecular weight is 258 g/mol. The molecule has 1 saturated heterocycles. The molecule has 4 nitrogen and oxygen atoms in total. The predicted octanol–water partition coefficient (Wildman–Crippen LogP) is 0.847. The zero-order valence-electron chi connectivity index (χ0n) is 10.4. The lowest BCUT2D eigenvalue weighted by molar-refractivity contribution is -0.145. The van der Waals surface area contributed by atoms with Crippen LogP contribution in [-0.4, -0.2) is 54.2 Å². The van der Waals surface area contributed by atoms with E-state index in [1.165, 1.54) is 6.42 Å². The zero-order chi connectivity index (χ0) is 12.3. The van der Waals surface area contributed by atoms with Gasteiger partial charge in [-0.15, -0.1) is 0 Å². The molecule has 0 aromatic carbocycles. The number of hydrogen-bond acceptors (Lipinski definition) is 4. The lowest BCUT2D eigenvalue weighted by Gasteiger charge is -2.38. The molecule has 1 aliphatic heterocycles. The fraction of sp³-hybridized carbons (Fsp3) is 0.917. The fourth-order valence-electron chi connectivity index (χ4n) is 2.78. The Kier molecular flexibility index (Phi) is 4.70. The maximum Gasteiger partial charge on any atom is 0.239 e. The number of hydrogen-bond donors (Lipinski definition) is 1. The van der Waals surface area contributed by atoms with Crippen molar-refractivity contribution in [1.29, 1.82) is 0 Å². The SMILES string of the molecule is CSCC[C@H](N)C(=O)N1CCOC2CCCC21. The summed E-state index contributed by atoms with van der Waals surface area (Å²) in [6.07, 6.45) is 6.41. The summed E-state index contributed by atoms with van der Waals surface area (Å²) in [5, 5.41) is 0. The lowest BCUT2D eigenvalue weighted by Crippen LogP contribution is -2.55. The van der Waals surface area contributed by atoms with Crippen molar-refractivity contribution in [3.8, 4) is 0 Å². The average Bonchev–Trinajstić information content (AvgIpc) is 2.82. The molecule has 2 unspecified atom stereocenters. The summed E-state index contributed by atoms with van der Waals surface area (Å²) < 4.78 is 5.70. The summed E-state index contributed by atoms with van der Waals surface area (Å²) >= 11 is 1.74. The van der Waals surface area contributed by atoms with Crippen molar-refractivity contribution in [2.75, 3.05) is 25.2 Å². The van der Waals surface area contributed by atoms with E-state index in [0.29, 0.717) is 13.2 Å². The highest BCUT2D eigenvalue weighted by Gasteiger charge is 2.39. The summed E-state index contributed by atoms with van der Waals surface area (Å²) in [7, 11) is 0. The van der Waals surface area contributed by atoms with Crippen molar-refractivity contribution in [3.05, 3.63) is 0 Å². The van der Waals surface area contributed by atoms with Crippen LogP contribution < -0.4 is 5.73 Å². The molecule has 2 fully saturated rings. The zero-order valence-corrected chi connectivity index (χ0v) is 11.2. The van der Waals surface area contributed by atoms with Crippen LogP contribution in [0.2, 0.25) is 0 Å². The third-order valence-electron chi connectivity index (χ3n) is 3.72. The van der Waals surface area contributed by atoms with E-state index in [4.69, 9.17) is 10.5 Å². The monoisotopic (exact) mass is 258 g/mol. The number of nitrogens with two attached hydrogens (primary N) is 1. The number of thioether (sulfide) groups is 1. The predicted molar refractivity (Wildman–Crippen MR) is 70.1 cm³/mol. The molecule has 2 aliphatic rings. The van der Waals surface area contributed by atoms with Gasteiger partial charge in [0.25, 0.3) is 0 Å². The van der Waals surface area contributed by atoms with E-state index in [2.05, 4.69) is 0 Å². The van der Waals surface area contributed by atoms with Crippen molar-refractivity contribution in [1.82, 2.24) is 4.90 Å². The Hall–Kier alpha value is -0.260. The van der Waals surface area contributed by atoms with Crippen LogP contribution in [0.25, 0.3) is 0 Å². The van der Waals surface area contributed by atoms with Gasteiger partial charge >= 0.3 is 0 Å². The van der Waals surface area contributed by atoms with Gasteiger partial charge in [-0.3, -0.25) is 4.79 Å². The number of ether oxygens (including phenoxy) is 1. The Morgan fingerprint density at radius 1 is 1.59 bits per heavy atom. The summed E-state index contributed by atoms with van der Waals surface area (Å²) in [4.78, 5) is 14.3. The first kappa shape index (κ1) is 13.2. The standard InChI is InChI=1S/C12H22N2O2S/c1-17-8-5-9(13)12(15)14-6-7-16-11-4-2-3-10(11)14/h9-11H,2-8,13H2,1H3/t9-,10?,11?/m0/s1. The third kappa shape index (κ3) is 2.95. The Morgan fingerprint density at radius 2 is 2.41 bits per heavy atom. The molecule has 5 heteroatoms. The maximum absolute atomic E-state index is 12.3. The molecule has 1 amide bonds. The number of carbonyl (C=O) groups is 1. The first-order valence-corrected chi connectivity index (χ1v) is 7.80. The quantitative estimate of drug-likeness (QED) is 0.812. The highest BCUT2D eigenvalue weighted by atomic mass is 32.2. The van der Waals surface area contributed by atoms with Gasteiger partial charge in [0, 0.05) is 6.54 Å². The molecular formula is C12H22N2O2S. The molecule has 2 N–H and O–H groups in total. The number of rotatable bonds is 4. The van der Waals surface area contributed by atoms with E-state index >= 15 is 0 Å². The van der Waals surface area contributed by atoms with Gasteiger partial charge in [-0.25, -0.2) is 0 Å². The van der Waals surface area contributed by atoms with Gasteiger partial charge < -0.3 is 15.4 Å². The van der Waals surface area contributed by atoms with Gasteiger partial charge in [-0.05, 0) is 37.7 Å². The second-order valence-corrected chi connectivity index (χ2v) is 5.81. The van der Waals surface area contributed by atoms with Crippen LogP contribution in [0.3, 0.4) is 0 Å². The number of fused-ring (bicyclic) bond motifs is 1. The summed E-state index contributed by atoms with van der Waals surface area (Å²) in [5.74, 6) is 1.07. The molecule has 98 valence electrons. The van der Waals surface area contributed by atoms with E-state index in [1.807, 2.05) is 11.2 Å². The molecule has 0 aromatic heterocycles. The second-order valence-electron chi connectivity index (χ2n) is 4.83. The lowest BCUT2D eigenvalue weighted by atomic mass is 10.1. The number of carbonyl (C=O) groups excluding carboxylic acids is 1. The third-order valence-corrected chi connectivity index (χ3v) is 4.36. The maximum atomic E-state index is 12.3. The summed E-state index contributed by atoms with van der Waals surface area (Å²) in [6, 6.07) is -0.0432. The highest BCUT2D eigenvalue weighted by Crippen LogP contribution is 2.30. The second kappa shape index (κ2) is 6.07. The highest BCUT2D eigenvalue weighted by molar-refractivity contribution is 7.98. The minimum atomic E-state index is -0.332. The Balaban J connectivity index is 1.93. The van der Waals surface area contributed by atoms with Crippen molar-refractivity contribution in [2.24, 2.45) is 5.73 Å². The van der Waals surface area contributed by atoms with Crippen molar-refractivity contribution in [2.45, 2.75) is 43.9 Å². The van der Waals surface area contributed by atoms with Gasteiger partial charge in [0.2, 0.25) is 5.91 Å². The Bertz CT molecular complexity index is 275. The largest absolute Gasteiger partial charge is 0.374 e. The first-order chi connectivity index (χ1) is 8.24. The molecule has 17 heavy (non-hydrogen) atoms. The van der Waals surface area contributed by atoms with Crippen LogP contribution in [-0.2, 0) is 9.53 Å². The topological polar surface area (TPSA) is 55.6 Å². The molecule has 1 heterocycles. The normalized spacial score (nSPS) is 30.1. The molecule has 0 bridgehead atoms. The Morgan fingerprint density at radius 3 is 3.18 bits per heavy atom. The van der Waals surface area contributed by atoms with Gasteiger partial charge in [-0.1, -0.05) is 0 Å². The summed E-state index contributed by atoms with van der Waals surface area (Å²) in [5.41, 5.74) is 5.97. The minimum absolute atomic E-state index is 0.124. The van der Waals surface area contributed by atoms with Crippen LogP contribution >= 0.6 is 11.8 Å². The fourth-order valence-corrected chi connectivity index (χ4v) is 3.27. The van der Waals surface area contributed by atoms with Crippen LogP contribution in [0.15, 0.2) is 0 Å². The molecule has 2 rings (SSSR count). The van der Waals surface area contributed by atoms with Gasteiger partial charge in [0.1, 0.15) is 0 Å². The molecular weight excluding hydrogens is 236 g/mol. The van der Waals surface area contributed by atoms with E-state index in [0.717, 1.165) is 25.0 Å². The smallest absolute Gasteiger partial charge is 0.239 e. The van der Waals surface area contributed by atoms with E-state index in [9.17, 15) is 4.79 Å². The molecule has 1 aliphatic carbocycles. The minimum Gasteiger partial charge on any atom is -0.374 e.